The Morgan fingerprint density at radius 1 is 0.581 bits per heavy atom. The van der Waals surface area contributed by atoms with Gasteiger partial charge in [-0.1, -0.05) is 100 Å². The molecule has 0 aliphatic heterocycles. The van der Waals surface area contributed by atoms with Crippen molar-refractivity contribution >= 4 is 179 Å². The molecule has 0 fully saturated rings. The van der Waals surface area contributed by atoms with Crippen LogP contribution in [-0.2, 0) is 41.6 Å². The van der Waals surface area contributed by atoms with Crippen LogP contribution in [0.5, 0.6) is 0 Å². The normalized spacial score (nSPS) is 11.3. The minimum atomic E-state index is -0.944. The fourth-order valence-corrected chi connectivity index (χ4v) is 11.2. The van der Waals surface area contributed by atoms with Crippen molar-refractivity contribution < 1.29 is 19.2 Å². The molecule has 0 aliphatic rings. The van der Waals surface area contributed by atoms with Crippen molar-refractivity contribution in [2.24, 2.45) is 21.1 Å². The molecule has 4 aromatic heterocycles. The number of aromatic nitrogens is 7. The van der Waals surface area contributed by atoms with Crippen molar-refractivity contribution in [3.63, 3.8) is 0 Å². The number of nitriles is 2. The molecule has 17 nitrogen and oxygen atoms in total. The summed E-state index contributed by atoms with van der Waals surface area (Å²) in [5, 5.41) is 33.0. The molecule has 438 valence electrons. The number of anilines is 6. The molecular formula is C63H54Cl6N12O5. The summed E-state index contributed by atoms with van der Waals surface area (Å²) in [6.07, 6.45) is 3.09. The van der Waals surface area contributed by atoms with Crippen LogP contribution in [0.25, 0.3) is 49.9 Å². The Balaban J connectivity index is 0.000000168. The van der Waals surface area contributed by atoms with Gasteiger partial charge in [0, 0.05) is 54.4 Å². The predicted molar refractivity (Wildman–Crippen MR) is 347 cm³/mol. The Morgan fingerprint density at radius 3 is 1.24 bits per heavy atom. The van der Waals surface area contributed by atoms with E-state index in [1.54, 1.807) is 121 Å². The fraction of sp³-hybridized carbons (Fsp3) is 0.206. The molecule has 0 saturated carbocycles. The van der Waals surface area contributed by atoms with E-state index in [1.165, 1.54) is 13.8 Å². The summed E-state index contributed by atoms with van der Waals surface area (Å²) >= 11 is 37.5. The molecule has 0 atom stereocenters. The molecule has 4 heterocycles. The lowest BCUT2D eigenvalue weighted by atomic mass is 9.77. The number of carbonyl (C=O) groups excluding carboxylic acids is 4. The molecule has 0 amide bonds. The van der Waals surface area contributed by atoms with Crippen molar-refractivity contribution in [2.45, 2.75) is 66.2 Å². The number of imidazole rings is 3. The summed E-state index contributed by atoms with van der Waals surface area (Å²) in [7, 11) is 5.27. The zero-order valence-electron chi connectivity index (χ0n) is 48.3. The highest BCUT2D eigenvalue weighted by molar-refractivity contribution is 6.40. The summed E-state index contributed by atoms with van der Waals surface area (Å²) in [5.41, 5.74) is 7.41. The van der Waals surface area contributed by atoms with Crippen LogP contribution in [0.2, 0.25) is 30.1 Å². The maximum absolute atomic E-state index is 12.7. The summed E-state index contributed by atoms with van der Waals surface area (Å²) in [5.74, 6) is 1.08. The Kier molecular flexibility index (Phi) is 18.3. The number of carbonyl (C=O) groups is 4. The zero-order valence-corrected chi connectivity index (χ0v) is 52.8. The number of aryl methyl sites for hydroxylation is 5. The minimum Gasteiger partial charge on any atom is -0.326 e. The first-order valence-corrected chi connectivity index (χ1v) is 28.4. The van der Waals surface area contributed by atoms with Crippen LogP contribution in [0.15, 0.2) is 84.2 Å². The van der Waals surface area contributed by atoms with Crippen molar-refractivity contribution in [1.29, 1.82) is 10.5 Å². The van der Waals surface area contributed by atoms with Gasteiger partial charge in [-0.3, -0.25) is 24.0 Å². The minimum absolute atomic E-state index is 0.0354. The highest BCUT2D eigenvalue weighted by Gasteiger charge is 2.34. The van der Waals surface area contributed by atoms with Crippen molar-refractivity contribution in [2.75, 3.05) is 16.0 Å². The molecule has 0 aliphatic carbocycles. The first kappa shape index (κ1) is 63.5. The number of benzene rings is 6. The molecule has 0 unspecified atom stereocenters. The van der Waals surface area contributed by atoms with Gasteiger partial charge in [0.2, 0.25) is 17.8 Å². The molecule has 23 heteroatoms. The van der Waals surface area contributed by atoms with Crippen LogP contribution in [-0.4, -0.2) is 57.8 Å². The Labute approximate surface area is 524 Å². The van der Waals surface area contributed by atoms with E-state index in [-0.39, 0.29) is 22.7 Å². The first-order chi connectivity index (χ1) is 40.6. The number of halogens is 6. The molecule has 0 spiro atoms. The van der Waals surface area contributed by atoms with Crippen LogP contribution in [0.4, 0.5) is 34.9 Å². The molecular weight excluding hydrogens is 1220 g/mol. The molecule has 0 radical (unpaired) electrons. The average molecular weight is 1270 g/mol. The second-order valence-corrected chi connectivity index (χ2v) is 23.6. The van der Waals surface area contributed by atoms with Crippen LogP contribution in [0.1, 0.15) is 101 Å². The number of ketones is 2. The number of fused-ring (bicyclic) bond motifs is 5. The number of nitrogens with zero attached hydrogens (tertiary/aromatic N) is 8. The van der Waals surface area contributed by atoms with Crippen LogP contribution in [0, 0.1) is 36.5 Å². The highest BCUT2D eigenvalue weighted by atomic mass is 35.5. The van der Waals surface area contributed by atoms with E-state index in [0.29, 0.717) is 138 Å². The number of aldehydes is 2. The molecule has 10 rings (SSSR count). The SMILES string of the molecule is C=Cc1cc(C(C)(C)C(C)=O)c(C#N)c2c1nc(Nc1c(Cl)cccc1Cl)n2C.CC(=O)C(C)(C)c1cc(C=O)c2nc(Nc3c(Cl)cccc3Cl)n(C)c2c1C#N.Cc1[nH]c(=O)c2c(cc(C=O)c3nc(Nc4c(Cl)cccc4Cl)n(C)c32)c1C. The molecule has 0 saturated heterocycles. The maximum atomic E-state index is 12.7. The maximum Gasteiger partial charge on any atom is 0.258 e. The molecule has 4 N–H and O–H groups in total. The number of nitrogens with one attached hydrogen (secondary N) is 4. The van der Waals surface area contributed by atoms with E-state index in [2.05, 4.69) is 54.6 Å². The van der Waals surface area contributed by atoms with E-state index >= 15 is 0 Å². The van der Waals surface area contributed by atoms with Gasteiger partial charge in [0.1, 0.15) is 34.7 Å². The van der Waals surface area contributed by atoms with E-state index in [4.69, 9.17) is 69.6 Å². The molecule has 10 aromatic rings. The monoisotopic (exact) mass is 1270 g/mol. The van der Waals surface area contributed by atoms with Gasteiger partial charge in [0.25, 0.3) is 5.56 Å². The lowest BCUT2D eigenvalue weighted by Gasteiger charge is -2.24. The summed E-state index contributed by atoms with van der Waals surface area (Å²) in [6, 6.07) is 25.0. The van der Waals surface area contributed by atoms with Gasteiger partial charge in [-0.2, -0.15) is 10.5 Å². The number of rotatable bonds is 13. The Morgan fingerprint density at radius 2 is 0.907 bits per heavy atom. The molecule has 0 bridgehead atoms. The van der Waals surface area contributed by atoms with Gasteiger partial charge in [-0.25, -0.2) is 15.0 Å². The van der Waals surface area contributed by atoms with Crippen molar-refractivity contribution in [3.05, 3.63) is 170 Å². The first-order valence-electron chi connectivity index (χ1n) is 26.2. The summed E-state index contributed by atoms with van der Waals surface area (Å²) < 4.78 is 5.15. The standard InChI is InChI=1S/C22H20Cl2N4O.C21H18Cl2N4O2.C20H16Cl2N4O2/c1-6-13-10-15(22(3,4)12(2)29)14(11-25)20-18(13)26-21(28(20)5)27-19-16(23)8-7-9-17(19)24;1-11(29)21(2,3)14-8-12(10-28)17-19(13(14)9-24)27(4)20(25-17)26-18-15(22)6-5-7-16(18)23;1-9-10(2)23-19(28)15-12(9)7-11(8-27)16-18(15)26(3)20(24-16)25-17-13(21)5-4-6-14(17)22/h6-10H,1H2,2-5H3,(H,26,27);5-8,10H,1-4H3,(H,25,26);4-8H,1-3H3,(H,23,28)(H,24,25). The third-order valence-electron chi connectivity index (χ3n) is 15.4. The number of para-hydroxylation sites is 3. The topological polar surface area (TPSA) is 238 Å². The van der Waals surface area contributed by atoms with Crippen molar-refractivity contribution in [3.8, 4) is 12.1 Å². The number of H-pyrrole nitrogens is 1. The van der Waals surface area contributed by atoms with Crippen LogP contribution in [0.3, 0.4) is 0 Å². The van der Waals surface area contributed by atoms with E-state index < -0.39 is 10.8 Å². The second kappa shape index (κ2) is 24.8. The van der Waals surface area contributed by atoms with E-state index in [1.807, 2.05) is 33.8 Å². The summed E-state index contributed by atoms with van der Waals surface area (Å²) in [6.45, 7) is 17.7. The van der Waals surface area contributed by atoms with E-state index in [9.17, 15) is 34.5 Å². The molecule has 86 heavy (non-hydrogen) atoms. The fourth-order valence-electron chi connectivity index (χ4n) is 9.73. The second-order valence-electron chi connectivity index (χ2n) is 21.1. The number of pyridine rings is 1. The Hall–Kier alpha value is -8.52. The third-order valence-corrected chi connectivity index (χ3v) is 17.3. The van der Waals surface area contributed by atoms with Crippen molar-refractivity contribution in [1.82, 2.24) is 33.6 Å². The lowest BCUT2D eigenvalue weighted by Crippen LogP contribution is -2.28. The largest absolute Gasteiger partial charge is 0.326 e. The van der Waals surface area contributed by atoms with Gasteiger partial charge in [-0.15, -0.1) is 0 Å². The third kappa shape index (κ3) is 11.4. The number of Topliss-reactive ketones (excluding diaryl/α,β-unsaturated/α-hetero) is 2. The van der Waals surface area contributed by atoms with Gasteiger partial charge in [0.05, 0.1) is 85.8 Å². The van der Waals surface area contributed by atoms with Gasteiger partial charge in [-0.05, 0) is 132 Å². The van der Waals surface area contributed by atoms with Gasteiger partial charge in [0.15, 0.2) is 12.6 Å². The number of hydrogen-bond acceptors (Lipinski definition) is 13. The summed E-state index contributed by atoms with van der Waals surface area (Å²) in [4.78, 5) is 77.3. The lowest BCUT2D eigenvalue weighted by molar-refractivity contribution is -0.122. The van der Waals surface area contributed by atoms with Gasteiger partial charge >= 0.3 is 0 Å². The van der Waals surface area contributed by atoms with E-state index in [0.717, 1.165) is 28.5 Å². The molecule has 6 aromatic carbocycles. The Bertz CT molecular complexity index is 4420. The smallest absolute Gasteiger partial charge is 0.258 e. The number of hydrogen-bond donors (Lipinski definition) is 4. The quantitative estimate of drug-likeness (QED) is 0.0787. The van der Waals surface area contributed by atoms with Crippen LogP contribution >= 0.6 is 69.6 Å². The average Bonchev–Trinajstić information content (AvgIpc) is 1.59. The number of aromatic amines is 1. The van der Waals surface area contributed by atoms with Crippen LogP contribution < -0.4 is 21.5 Å². The zero-order chi connectivity index (χ0) is 63.2. The highest BCUT2D eigenvalue weighted by Crippen LogP contribution is 2.41. The van der Waals surface area contributed by atoms with Gasteiger partial charge < -0.3 is 34.6 Å². The predicted octanol–water partition coefficient (Wildman–Crippen LogP) is 16.1.